The van der Waals surface area contributed by atoms with Gasteiger partial charge in [-0.2, -0.15) is 0 Å². The monoisotopic (exact) mass is 324 g/mol. The van der Waals surface area contributed by atoms with Gasteiger partial charge in [-0.3, -0.25) is 4.79 Å². The van der Waals surface area contributed by atoms with Gasteiger partial charge in [0.05, 0.1) is 17.2 Å². The molecule has 0 spiro atoms. The summed E-state index contributed by atoms with van der Waals surface area (Å²) < 4.78 is 11.1. The van der Waals surface area contributed by atoms with Crippen LogP contribution >= 0.6 is 0 Å². The van der Waals surface area contributed by atoms with Gasteiger partial charge in [-0.05, 0) is 55.8 Å². The standard InChI is InChI=1S/C19H16O5/c1-11(2)23-14-6-3-12(4-7-14)9-17-18(20)15-10-13(19(21)22)5-8-16(15)24-17/h3-11H,1-2H3,(H,21,22). The van der Waals surface area contributed by atoms with Gasteiger partial charge in [0.15, 0.2) is 5.76 Å². The molecule has 0 aliphatic carbocycles. The maximum Gasteiger partial charge on any atom is 0.335 e. The second-order valence-electron chi connectivity index (χ2n) is 5.69. The minimum Gasteiger partial charge on any atom is -0.491 e. The molecule has 0 amide bonds. The molecule has 3 rings (SSSR count). The molecule has 0 fully saturated rings. The Morgan fingerprint density at radius 2 is 1.88 bits per heavy atom. The highest BCUT2D eigenvalue weighted by Crippen LogP contribution is 2.32. The molecule has 0 bridgehead atoms. The lowest BCUT2D eigenvalue weighted by molar-refractivity contribution is 0.0697. The van der Waals surface area contributed by atoms with Crippen LogP contribution in [0.3, 0.4) is 0 Å². The van der Waals surface area contributed by atoms with Crippen molar-refractivity contribution in [2.24, 2.45) is 0 Å². The van der Waals surface area contributed by atoms with Crippen LogP contribution in [-0.2, 0) is 0 Å². The largest absolute Gasteiger partial charge is 0.491 e. The number of carboxylic acid groups (broad SMARTS) is 1. The summed E-state index contributed by atoms with van der Waals surface area (Å²) in [4.78, 5) is 23.4. The Morgan fingerprint density at radius 1 is 1.17 bits per heavy atom. The molecule has 0 unspecified atom stereocenters. The van der Waals surface area contributed by atoms with Crippen molar-refractivity contribution < 1.29 is 24.2 Å². The van der Waals surface area contributed by atoms with Gasteiger partial charge < -0.3 is 14.6 Å². The Kier molecular flexibility index (Phi) is 4.08. The first-order chi connectivity index (χ1) is 11.4. The summed E-state index contributed by atoms with van der Waals surface area (Å²) in [6.07, 6.45) is 1.72. The Morgan fingerprint density at radius 3 is 2.50 bits per heavy atom. The quantitative estimate of drug-likeness (QED) is 0.866. The molecule has 1 N–H and O–H groups in total. The highest BCUT2D eigenvalue weighted by molar-refractivity contribution is 6.15. The second-order valence-corrected chi connectivity index (χ2v) is 5.69. The lowest BCUT2D eigenvalue weighted by Gasteiger charge is -2.09. The summed E-state index contributed by atoms with van der Waals surface area (Å²) in [5, 5.41) is 9.01. The number of benzene rings is 2. The van der Waals surface area contributed by atoms with Crippen molar-refractivity contribution in [3.8, 4) is 11.5 Å². The van der Waals surface area contributed by atoms with Crippen molar-refractivity contribution in [1.82, 2.24) is 0 Å². The van der Waals surface area contributed by atoms with E-state index in [-0.39, 0.29) is 28.8 Å². The summed E-state index contributed by atoms with van der Waals surface area (Å²) in [6, 6.07) is 11.5. The van der Waals surface area contributed by atoms with Crippen molar-refractivity contribution in [2.45, 2.75) is 20.0 Å². The number of Topliss-reactive ketones (excluding diaryl/α,β-unsaturated/α-hetero) is 1. The zero-order valence-corrected chi connectivity index (χ0v) is 13.3. The number of fused-ring (bicyclic) bond motifs is 1. The zero-order chi connectivity index (χ0) is 17.3. The predicted molar refractivity (Wildman–Crippen MR) is 88.5 cm³/mol. The first-order valence-corrected chi connectivity index (χ1v) is 7.52. The molecule has 122 valence electrons. The lowest BCUT2D eigenvalue weighted by Crippen LogP contribution is -2.05. The molecule has 5 nitrogen and oxygen atoms in total. The number of carboxylic acids is 1. The van der Waals surface area contributed by atoms with E-state index in [1.807, 2.05) is 38.1 Å². The van der Waals surface area contributed by atoms with Crippen LogP contribution < -0.4 is 9.47 Å². The molecule has 0 aromatic heterocycles. The number of carbonyl (C=O) groups excluding carboxylic acids is 1. The molecular formula is C19H16O5. The number of hydrogen-bond acceptors (Lipinski definition) is 4. The fourth-order valence-corrected chi connectivity index (χ4v) is 2.39. The number of aromatic carboxylic acids is 1. The number of carbonyl (C=O) groups is 2. The molecule has 5 heteroatoms. The van der Waals surface area contributed by atoms with Gasteiger partial charge in [-0.1, -0.05) is 12.1 Å². The van der Waals surface area contributed by atoms with Crippen molar-refractivity contribution in [3.05, 3.63) is 64.9 Å². The number of hydrogen-bond donors (Lipinski definition) is 1. The van der Waals surface area contributed by atoms with E-state index in [0.717, 1.165) is 11.3 Å². The maximum atomic E-state index is 12.4. The summed E-state index contributed by atoms with van der Waals surface area (Å²) in [7, 11) is 0. The van der Waals surface area contributed by atoms with E-state index < -0.39 is 5.97 Å². The van der Waals surface area contributed by atoms with Crippen molar-refractivity contribution in [1.29, 1.82) is 0 Å². The summed E-state index contributed by atoms with van der Waals surface area (Å²) in [6.45, 7) is 3.90. The van der Waals surface area contributed by atoms with Gasteiger partial charge in [0.1, 0.15) is 11.5 Å². The van der Waals surface area contributed by atoms with Gasteiger partial charge in [-0.15, -0.1) is 0 Å². The number of ether oxygens (including phenoxy) is 2. The van der Waals surface area contributed by atoms with Gasteiger partial charge in [-0.25, -0.2) is 4.79 Å². The van der Waals surface area contributed by atoms with E-state index >= 15 is 0 Å². The Hall–Kier alpha value is -3.08. The van der Waals surface area contributed by atoms with E-state index in [1.54, 1.807) is 6.08 Å². The van der Waals surface area contributed by atoms with Crippen LogP contribution in [-0.4, -0.2) is 23.0 Å². The molecule has 2 aromatic rings. The smallest absolute Gasteiger partial charge is 0.335 e. The Balaban J connectivity index is 1.84. The second kappa shape index (κ2) is 6.20. The molecule has 1 aliphatic rings. The SMILES string of the molecule is CC(C)Oc1ccc(C=C2Oc3ccc(C(=O)O)cc3C2=O)cc1. The molecule has 0 saturated carbocycles. The number of allylic oxidation sites excluding steroid dienone is 1. The number of rotatable bonds is 4. The van der Waals surface area contributed by atoms with Crippen molar-refractivity contribution >= 4 is 17.8 Å². The van der Waals surface area contributed by atoms with Gasteiger partial charge in [0.25, 0.3) is 0 Å². The number of ketones is 1. The average Bonchev–Trinajstić information content (AvgIpc) is 2.84. The molecule has 24 heavy (non-hydrogen) atoms. The summed E-state index contributed by atoms with van der Waals surface area (Å²) in [5.74, 6) is -0.111. The fraction of sp³-hybridized carbons (Fsp3) is 0.158. The minimum atomic E-state index is -1.08. The van der Waals surface area contributed by atoms with E-state index in [1.165, 1.54) is 18.2 Å². The topological polar surface area (TPSA) is 72.8 Å². The first-order valence-electron chi connectivity index (χ1n) is 7.52. The first kappa shape index (κ1) is 15.8. The van der Waals surface area contributed by atoms with E-state index in [0.29, 0.717) is 5.75 Å². The third-order valence-electron chi connectivity index (χ3n) is 3.46. The Bertz CT molecular complexity index is 831. The minimum absolute atomic E-state index is 0.0575. The third kappa shape index (κ3) is 3.15. The summed E-state index contributed by atoms with van der Waals surface area (Å²) in [5.41, 5.74) is 1.11. The van der Waals surface area contributed by atoms with Gasteiger partial charge in [0.2, 0.25) is 5.78 Å². The highest BCUT2D eigenvalue weighted by atomic mass is 16.5. The molecule has 0 saturated heterocycles. The van der Waals surface area contributed by atoms with Gasteiger partial charge >= 0.3 is 5.97 Å². The molecule has 1 heterocycles. The van der Waals surface area contributed by atoms with Crippen molar-refractivity contribution in [3.63, 3.8) is 0 Å². The van der Waals surface area contributed by atoms with Crippen LogP contribution in [0.15, 0.2) is 48.2 Å². The molecule has 0 atom stereocenters. The molecular weight excluding hydrogens is 308 g/mol. The molecule has 0 radical (unpaired) electrons. The van der Waals surface area contributed by atoms with Crippen LogP contribution in [0.25, 0.3) is 6.08 Å². The van der Waals surface area contributed by atoms with E-state index in [4.69, 9.17) is 14.6 Å². The van der Waals surface area contributed by atoms with Crippen LogP contribution in [0.5, 0.6) is 11.5 Å². The van der Waals surface area contributed by atoms with Crippen molar-refractivity contribution in [2.75, 3.05) is 0 Å². The fourth-order valence-electron chi connectivity index (χ4n) is 2.39. The average molecular weight is 324 g/mol. The maximum absolute atomic E-state index is 12.4. The van der Waals surface area contributed by atoms with E-state index in [2.05, 4.69) is 0 Å². The lowest BCUT2D eigenvalue weighted by atomic mass is 10.1. The molecule has 1 aliphatic heterocycles. The predicted octanol–water partition coefficient (Wildman–Crippen LogP) is 3.79. The zero-order valence-electron chi connectivity index (χ0n) is 13.3. The van der Waals surface area contributed by atoms with Crippen LogP contribution in [0, 0.1) is 0 Å². The van der Waals surface area contributed by atoms with Crippen LogP contribution in [0.2, 0.25) is 0 Å². The Labute approximate surface area is 139 Å². The summed E-state index contributed by atoms with van der Waals surface area (Å²) >= 11 is 0. The van der Waals surface area contributed by atoms with E-state index in [9.17, 15) is 9.59 Å². The van der Waals surface area contributed by atoms with Crippen LogP contribution in [0.1, 0.15) is 40.1 Å². The molecule has 2 aromatic carbocycles. The highest BCUT2D eigenvalue weighted by Gasteiger charge is 2.28. The third-order valence-corrected chi connectivity index (χ3v) is 3.46. The van der Waals surface area contributed by atoms with Crippen LogP contribution in [0.4, 0.5) is 0 Å². The normalized spacial score (nSPS) is 14.6. The van der Waals surface area contributed by atoms with Gasteiger partial charge in [0, 0.05) is 0 Å².